The van der Waals surface area contributed by atoms with Gasteiger partial charge in [0.15, 0.2) is 0 Å². The fraction of sp³-hybridized carbons (Fsp3) is 0.0870. The van der Waals surface area contributed by atoms with Crippen LogP contribution in [0.25, 0.3) is 27.6 Å². The highest BCUT2D eigenvalue weighted by molar-refractivity contribution is 6.03. The van der Waals surface area contributed by atoms with Gasteiger partial charge in [-0.1, -0.05) is 24.3 Å². The van der Waals surface area contributed by atoms with Crippen molar-refractivity contribution in [3.63, 3.8) is 0 Å². The maximum Gasteiger partial charge on any atom is 0.573 e. The first-order chi connectivity index (χ1) is 16.7. The smallest absolute Gasteiger partial charge is 0.406 e. The van der Waals surface area contributed by atoms with Crippen molar-refractivity contribution >= 4 is 27.6 Å². The number of aromatic amines is 1. The third-order valence-electron chi connectivity index (χ3n) is 5.38. The fourth-order valence-electron chi connectivity index (χ4n) is 3.99. The predicted octanol–water partition coefficient (Wildman–Crippen LogP) is 4.66. The van der Waals surface area contributed by atoms with Crippen LogP contribution in [0.1, 0.15) is 11.3 Å². The second-order valence-electron chi connectivity index (χ2n) is 7.55. The van der Waals surface area contributed by atoms with E-state index in [4.69, 9.17) is 0 Å². The Kier molecular flexibility index (Phi) is 5.20. The zero-order valence-corrected chi connectivity index (χ0v) is 17.6. The number of benzene rings is 2. The number of fused-ring (bicyclic) bond motifs is 3. The summed E-state index contributed by atoms with van der Waals surface area (Å²) in [7, 11) is 0. The number of pyridine rings is 2. The Hall–Kier alpha value is -4.74. The van der Waals surface area contributed by atoms with E-state index >= 15 is 0 Å². The summed E-state index contributed by atoms with van der Waals surface area (Å²) < 4.78 is 43.5. The maximum atomic E-state index is 13.7. The second kappa shape index (κ2) is 8.24. The van der Waals surface area contributed by atoms with Gasteiger partial charge in [-0.15, -0.1) is 13.2 Å². The van der Waals surface area contributed by atoms with E-state index < -0.39 is 22.6 Å². The van der Waals surface area contributed by atoms with E-state index in [1.54, 1.807) is 24.3 Å². The summed E-state index contributed by atoms with van der Waals surface area (Å²) in [5, 5.41) is 19.1. The van der Waals surface area contributed by atoms with Crippen molar-refractivity contribution in [3.05, 3.63) is 98.6 Å². The quantitative estimate of drug-likeness (QED) is 0.288. The number of nitrogens with one attached hydrogen (secondary N) is 1. The minimum Gasteiger partial charge on any atom is -0.406 e. The molecule has 0 unspecified atom stereocenters. The lowest BCUT2D eigenvalue weighted by Crippen LogP contribution is -2.21. The fourth-order valence-corrected chi connectivity index (χ4v) is 3.99. The Labute approximate surface area is 193 Å². The molecule has 0 fully saturated rings. The molecule has 3 aromatic heterocycles. The van der Waals surface area contributed by atoms with Crippen LogP contribution in [0.15, 0.2) is 71.7 Å². The van der Waals surface area contributed by atoms with Gasteiger partial charge >= 0.3 is 6.36 Å². The number of H-pyrrole nitrogens is 1. The second-order valence-corrected chi connectivity index (χ2v) is 7.55. The van der Waals surface area contributed by atoms with Crippen LogP contribution >= 0.6 is 0 Å². The van der Waals surface area contributed by atoms with E-state index in [1.165, 1.54) is 35.0 Å². The number of ether oxygens (including phenoxy) is 1. The number of para-hydroxylation sites is 1. The molecular weight excluding hydrogens is 467 g/mol. The molecule has 2 aromatic carbocycles. The van der Waals surface area contributed by atoms with Gasteiger partial charge in [0.2, 0.25) is 0 Å². The lowest BCUT2D eigenvalue weighted by atomic mass is 10.0. The predicted molar refractivity (Wildman–Crippen MR) is 120 cm³/mol. The first-order valence-corrected chi connectivity index (χ1v) is 10.2. The molecule has 0 radical (unpaired) electrons. The van der Waals surface area contributed by atoms with Crippen LogP contribution in [0, 0.1) is 10.1 Å². The molecule has 3 heterocycles. The third kappa shape index (κ3) is 4.05. The van der Waals surface area contributed by atoms with Crippen LogP contribution in [0.5, 0.6) is 5.75 Å². The Morgan fingerprint density at radius 3 is 2.66 bits per heavy atom. The number of aromatic nitrogens is 4. The summed E-state index contributed by atoms with van der Waals surface area (Å²) in [6, 6.07) is 14.4. The number of hydrogen-bond acceptors (Lipinski definition) is 6. The summed E-state index contributed by atoms with van der Waals surface area (Å²) in [5.41, 5.74) is 0.541. The lowest BCUT2D eigenvalue weighted by molar-refractivity contribution is -0.385. The average molecular weight is 481 g/mol. The number of halogens is 3. The van der Waals surface area contributed by atoms with E-state index in [0.29, 0.717) is 22.2 Å². The first kappa shape index (κ1) is 22.1. The van der Waals surface area contributed by atoms with Crippen LogP contribution in [-0.2, 0) is 6.42 Å². The van der Waals surface area contributed by atoms with E-state index in [9.17, 15) is 28.1 Å². The van der Waals surface area contributed by atoms with Gasteiger partial charge in [-0.05, 0) is 24.3 Å². The monoisotopic (exact) mass is 481 g/mol. The summed E-state index contributed by atoms with van der Waals surface area (Å²) in [4.78, 5) is 28.9. The topological polar surface area (TPSA) is 116 Å². The van der Waals surface area contributed by atoms with Crippen molar-refractivity contribution in [1.82, 2.24) is 19.7 Å². The molecule has 0 bridgehead atoms. The van der Waals surface area contributed by atoms with Crippen LogP contribution in [-0.4, -0.2) is 31.0 Å². The number of alkyl halides is 3. The van der Waals surface area contributed by atoms with Crippen molar-refractivity contribution in [2.75, 3.05) is 0 Å². The minimum atomic E-state index is -4.91. The lowest BCUT2D eigenvalue weighted by Gasteiger charge is -2.13. The molecule has 0 aliphatic carbocycles. The van der Waals surface area contributed by atoms with Gasteiger partial charge in [0.25, 0.3) is 11.2 Å². The molecule has 12 heteroatoms. The van der Waals surface area contributed by atoms with E-state index in [2.05, 4.69) is 19.9 Å². The van der Waals surface area contributed by atoms with E-state index in [-0.39, 0.29) is 28.8 Å². The van der Waals surface area contributed by atoms with Crippen molar-refractivity contribution in [3.8, 4) is 11.4 Å². The standard InChI is InChI=1S/C23H14F3N5O4/c24-23(25,26)35-15-7-3-6-14(12-15)30-21-16(8-4-10-27-21)20-19(22(30)32)17(28-29-20)11-13-5-1-2-9-18(13)31(33)34/h1-10,12H,11H2,(H,28,29). The molecule has 0 aliphatic heterocycles. The molecule has 1 N–H and O–H groups in total. The van der Waals surface area contributed by atoms with Crippen LogP contribution in [0.2, 0.25) is 0 Å². The molecule has 0 saturated carbocycles. The SMILES string of the molecule is O=c1c2c(Cc3ccccc3[N+](=O)[O-])[nH]nc2c2cccnc2n1-c1cccc(OC(F)(F)F)c1. The number of hydrogen-bond donors (Lipinski definition) is 1. The Balaban J connectivity index is 1.75. The molecule has 0 aliphatic rings. The number of nitro groups is 1. The Morgan fingerprint density at radius 1 is 1.09 bits per heavy atom. The van der Waals surface area contributed by atoms with Crippen molar-refractivity contribution < 1.29 is 22.8 Å². The van der Waals surface area contributed by atoms with Gasteiger partial charge in [-0.2, -0.15) is 5.10 Å². The van der Waals surface area contributed by atoms with Crippen molar-refractivity contribution in [2.24, 2.45) is 0 Å². The molecule has 5 aromatic rings. The van der Waals surface area contributed by atoms with Crippen molar-refractivity contribution in [1.29, 1.82) is 0 Å². The van der Waals surface area contributed by atoms with Gasteiger partial charge in [0.1, 0.15) is 16.9 Å². The molecule has 9 nitrogen and oxygen atoms in total. The van der Waals surface area contributed by atoms with Crippen LogP contribution in [0.4, 0.5) is 18.9 Å². The first-order valence-electron chi connectivity index (χ1n) is 10.2. The summed E-state index contributed by atoms with van der Waals surface area (Å²) >= 11 is 0. The molecule has 0 atom stereocenters. The van der Waals surface area contributed by atoms with E-state index in [0.717, 1.165) is 12.1 Å². The number of nitro benzene ring substituents is 1. The highest BCUT2D eigenvalue weighted by Crippen LogP contribution is 2.29. The van der Waals surface area contributed by atoms with Crippen LogP contribution < -0.4 is 10.3 Å². The van der Waals surface area contributed by atoms with Gasteiger partial charge in [-0.3, -0.25) is 24.6 Å². The maximum absolute atomic E-state index is 13.7. The van der Waals surface area contributed by atoms with Crippen molar-refractivity contribution in [2.45, 2.75) is 12.8 Å². The average Bonchev–Trinajstić information content (AvgIpc) is 3.23. The molecule has 0 amide bonds. The zero-order valence-electron chi connectivity index (χ0n) is 17.6. The number of nitrogens with zero attached hydrogens (tertiary/aromatic N) is 4. The summed E-state index contributed by atoms with van der Waals surface area (Å²) in [5.74, 6) is -0.501. The van der Waals surface area contributed by atoms with Gasteiger partial charge < -0.3 is 4.74 Å². The van der Waals surface area contributed by atoms with Gasteiger partial charge in [0, 0.05) is 35.7 Å². The molecule has 176 valence electrons. The Morgan fingerprint density at radius 2 is 1.89 bits per heavy atom. The molecule has 5 rings (SSSR count). The normalized spacial score (nSPS) is 11.7. The van der Waals surface area contributed by atoms with Crippen LogP contribution in [0.3, 0.4) is 0 Å². The molecule has 0 saturated heterocycles. The van der Waals surface area contributed by atoms with Gasteiger partial charge in [0.05, 0.1) is 21.7 Å². The summed E-state index contributed by atoms with van der Waals surface area (Å²) in [6.45, 7) is 0. The zero-order chi connectivity index (χ0) is 24.7. The number of rotatable bonds is 5. The van der Waals surface area contributed by atoms with Gasteiger partial charge in [-0.25, -0.2) is 4.98 Å². The Bertz CT molecular complexity index is 1660. The molecule has 35 heavy (non-hydrogen) atoms. The molecule has 0 spiro atoms. The van der Waals surface area contributed by atoms with E-state index in [1.807, 2.05) is 0 Å². The largest absolute Gasteiger partial charge is 0.573 e. The highest BCUT2D eigenvalue weighted by atomic mass is 19.4. The third-order valence-corrected chi connectivity index (χ3v) is 5.38. The summed E-state index contributed by atoms with van der Waals surface area (Å²) in [6.07, 6.45) is -3.46. The minimum absolute atomic E-state index is 0.00584. The molecular formula is C23H14F3N5O4. The highest BCUT2D eigenvalue weighted by Gasteiger charge is 2.31.